The van der Waals surface area contributed by atoms with Crippen LogP contribution in [0.1, 0.15) is 16.8 Å². The summed E-state index contributed by atoms with van der Waals surface area (Å²) in [5, 5.41) is 5.67. The van der Waals surface area contributed by atoms with Gasteiger partial charge in [-0.05, 0) is 6.07 Å². The third kappa shape index (κ3) is 4.90. The van der Waals surface area contributed by atoms with Crippen molar-refractivity contribution < 1.29 is 23.5 Å². The average molecular weight is 539 g/mol. The van der Waals surface area contributed by atoms with Crippen LogP contribution < -0.4 is 20.1 Å². The number of benzene rings is 2. The summed E-state index contributed by atoms with van der Waals surface area (Å²) in [6, 6.07) is 4.47. The average Bonchev–Trinajstić information content (AvgIpc) is 3.35. The van der Waals surface area contributed by atoms with Crippen molar-refractivity contribution in [1.29, 1.82) is 0 Å². The summed E-state index contributed by atoms with van der Waals surface area (Å²) < 4.78 is 25.8. The fourth-order valence-corrected chi connectivity index (χ4v) is 4.79. The highest BCUT2D eigenvalue weighted by Gasteiger charge is 2.25. The fraction of sp³-hybridized carbons (Fsp3) is 0.269. The van der Waals surface area contributed by atoms with E-state index in [0.717, 1.165) is 12.2 Å². The van der Waals surface area contributed by atoms with Crippen molar-refractivity contribution in [2.24, 2.45) is 4.99 Å². The maximum Gasteiger partial charge on any atom is 0.258 e. The summed E-state index contributed by atoms with van der Waals surface area (Å²) in [5.74, 6) is -0.467. The molecule has 0 spiro atoms. The smallest absolute Gasteiger partial charge is 0.258 e. The number of amides is 2. The van der Waals surface area contributed by atoms with Gasteiger partial charge >= 0.3 is 0 Å². The summed E-state index contributed by atoms with van der Waals surface area (Å²) in [4.78, 5) is 40.1. The van der Waals surface area contributed by atoms with Crippen LogP contribution in [0.25, 0.3) is 22.2 Å². The number of rotatable bonds is 6. The molecule has 2 N–H and O–H groups in total. The molecular formula is C26H24ClFN6O4. The first-order valence-electron chi connectivity index (χ1n) is 11.8. The van der Waals surface area contributed by atoms with E-state index in [9.17, 15) is 9.59 Å². The van der Waals surface area contributed by atoms with Crippen molar-refractivity contribution in [3.05, 3.63) is 58.8 Å². The molecule has 1 saturated heterocycles. The standard InChI is InChI=1S/C26H24ClFN6O4/c1-37-17-11-18(38-2)23(28)21(22(17)27)15-4-5-16(25-24(15)30-7-8-31-25)26(36)33-19-6-3-14(32-19)12-34-10-9-29-20(35)13-34/h3-5,7-8,11H,6,9-10,12-13H2,1-2H3,(H,29,35)(H,32,33,36). The number of nitrogens with zero attached hydrogens (tertiary/aromatic N) is 4. The molecule has 10 nitrogen and oxygen atoms in total. The molecule has 1 aromatic heterocycles. The first-order chi connectivity index (χ1) is 18.4. The van der Waals surface area contributed by atoms with Crippen LogP contribution in [-0.4, -0.2) is 72.9 Å². The number of carbonyl (C=O) groups excluding carboxylic acids is 2. The van der Waals surface area contributed by atoms with Gasteiger partial charge in [0.25, 0.3) is 5.91 Å². The number of halogens is 2. The van der Waals surface area contributed by atoms with E-state index >= 15 is 4.39 Å². The number of fused-ring (bicyclic) bond motifs is 1. The quantitative estimate of drug-likeness (QED) is 0.495. The van der Waals surface area contributed by atoms with Crippen LogP contribution in [0.3, 0.4) is 0 Å². The first kappa shape index (κ1) is 25.6. The lowest BCUT2D eigenvalue weighted by Crippen LogP contribution is -2.47. The molecule has 2 amide bonds. The topological polar surface area (TPSA) is 118 Å². The Kier molecular flexibility index (Phi) is 7.21. The molecule has 12 heteroatoms. The number of methoxy groups -OCH3 is 2. The lowest BCUT2D eigenvalue weighted by Gasteiger charge is -2.25. The monoisotopic (exact) mass is 538 g/mol. The molecule has 0 bridgehead atoms. The second-order valence-electron chi connectivity index (χ2n) is 8.67. The second kappa shape index (κ2) is 10.7. The summed E-state index contributed by atoms with van der Waals surface area (Å²) in [5.41, 5.74) is 1.94. The van der Waals surface area contributed by atoms with Gasteiger partial charge in [-0.3, -0.25) is 24.5 Å². The molecule has 0 radical (unpaired) electrons. The van der Waals surface area contributed by atoms with E-state index < -0.39 is 11.7 Å². The predicted octanol–water partition coefficient (Wildman–Crippen LogP) is 2.95. The minimum absolute atomic E-state index is 0.0163. The van der Waals surface area contributed by atoms with Crippen molar-refractivity contribution in [2.75, 3.05) is 40.4 Å². The molecule has 3 aromatic rings. The number of nitrogens with one attached hydrogen (secondary N) is 2. The van der Waals surface area contributed by atoms with Crippen molar-refractivity contribution in [3.8, 4) is 22.6 Å². The van der Waals surface area contributed by atoms with Crippen molar-refractivity contribution in [1.82, 2.24) is 25.5 Å². The molecule has 3 heterocycles. The zero-order valence-electron chi connectivity index (χ0n) is 20.7. The largest absolute Gasteiger partial charge is 0.495 e. The number of hydrogen-bond donors (Lipinski definition) is 2. The van der Waals surface area contributed by atoms with E-state index in [1.165, 1.54) is 32.7 Å². The maximum absolute atomic E-state index is 15.4. The Morgan fingerprint density at radius 2 is 1.95 bits per heavy atom. The highest BCUT2D eigenvalue weighted by molar-refractivity contribution is 6.35. The van der Waals surface area contributed by atoms with E-state index in [1.54, 1.807) is 12.1 Å². The molecule has 2 aliphatic rings. The Hall–Kier alpha value is -4.09. The van der Waals surface area contributed by atoms with Crippen LogP contribution in [0.2, 0.25) is 5.02 Å². The van der Waals surface area contributed by atoms with Gasteiger partial charge in [0.2, 0.25) is 5.91 Å². The SMILES string of the molecule is COc1cc(OC)c(Cl)c(-c2ccc(C(=O)NC3=NC(CN4CCNC(=O)C4)=CC3)c3nccnc23)c1F. The zero-order chi connectivity index (χ0) is 26.8. The zero-order valence-corrected chi connectivity index (χ0v) is 21.4. The summed E-state index contributed by atoms with van der Waals surface area (Å²) in [7, 11) is 2.76. The van der Waals surface area contributed by atoms with Crippen LogP contribution in [0.15, 0.2) is 47.4 Å². The molecule has 0 unspecified atom stereocenters. The van der Waals surface area contributed by atoms with Gasteiger partial charge in [0.1, 0.15) is 17.1 Å². The van der Waals surface area contributed by atoms with E-state index in [4.69, 9.17) is 21.1 Å². The molecule has 38 heavy (non-hydrogen) atoms. The van der Waals surface area contributed by atoms with Crippen LogP contribution in [0.4, 0.5) is 4.39 Å². The Labute approximate surface area is 222 Å². The molecular weight excluding hydrogens is 515 g/mol. The fourth-order valence-electron chi connectivity index (χ4n) is 4.48. The molecule has 0 saturated carbocycles. The molecule has 0 aliphatic carbocycles. The van der Waals surface area contributed by atoms with E-state index in [1.807, 2.05) is 11.0 Å². The normalized spacial score (nSPS) is 15.6. The summed E-state index contributed by atoms with van der Waals surface area (Å²) >= 11 is 6.49. The Balaban J connectivity index is 1.43. The number of aliphatic imine (C=N–C) groups is 1. The molecule has 2 aromatic carbocycles. The van der Waals surface area contributed by atoms with E-state index in [-0.39, 0.29) is 44.6 Å². The molecule has 0 atom stereocenters. The van der Waals surface area contributed by atoms with Crippen molar-refractivity contribution >= 4 is 40.3 Å². The summed E-state index contributed by atoms with van der Waals surface area (Å²) in [6.07, 6.45) is 5.28. The van der Waals surface area contributed by atoms with Crippen molar-refractivity contribution in [2.45, 2.75) is 6.42 Å². The lowest BCUT2D eigenvalue weighted by atomic mass is 9.99. The number of ether oxygens (including phenoxy) is 2. The highest BCUT2D eigenvalue weighted by atomic mass is 35.5. The first-order valence-corrected chi connectivity index (χ1v) is 12.2. The van der Waals surface area contributed by atoms with Crippen LogP contribution in [0.5, 0.6) is 11.5 Å². The Morgan fingerprint density at radius 1 is 1.18 bits per heavy atom. The third-order valence-electron chi connectivity index (χ3n) is 6.28. The molecule has 1 fully saturated rings. The van der Waals surface area contributed by atoms with Gasteiger partial charge in [-0.1, -0.05) is 23.7 Å². The van der Waals surface area contributed by atoms with Gasteiger partial charge in [-0.25, -0.2) is 9.38 Å². The van der Waals surface area contributed by atoms with Crippen molar-refractivity contribution in [3.63, 3.8) is 0 Å². The molecule has 5 rings (SSSR count). The van der Waals surface area contributed by atoms with E-state index in [0.29, 0.717) is 37.5 Å². The predicted molar refractivity (Wildman–Crippen MR) is 140 cm³/mol. The summed E-state index contributed by atoms with van der Waals surface area (Å²) in [6.45, 7) is 2.17. The van der Waals surface area contributed by atoms with Gasteiger partial charge in [-0.15, -0.1) is 0 Å². The lowest BCUT2D eigenvalue weighted by molar-refractivity contribution is -0.123. The maximum atomic E-state index is 15.4. The van der Waals surface area contributed by atoms with E-state index in [2.05, 4.69) is 25.6 Å². The van der Waals surface area contributed by atoms with Crippen LogP contribution in [0, 0.1) is 5.82 Å². The van der Waals surface area contributed by atoms with Gasteiger partial charge < -0.3 is 20.1 Å². The number of carbonyl (C=O) groups is 2. The van der Waals surface area contributed by atoms with Crippen LogP contribution >= 0.6 is 11.6 Å². The Morgan fingerprint density at radius 3 is 2.68 bits per heavy atom. The Bertz CT molecular complexity index is 1480. The van der Waals surface area contributed by atoms with Crippen LogP contribution in [-0.2, 0) is 4.79 Å². The number of hydrogen-bond acceptors (Lipinski definition) is 8. The van der Waals surface area contributed by atoms with Gasteiger partial charge in [0, 0.05) is 55.6 Å². The van der Waals surface area contributed by atoms with Gasteiger partial charge in [-0.2, -0.15) is 0 Å². The highest BCUT2D eigenvalue weighted by Crippen LogP contribution is 2.44. The number of aromatic nitrogens is 2. The minimum atomic E-state index is -0.687. The number of amidine groups is 1. The number of piperazine rings is 1. The molecule has 2 aliphatic heterocycles. The molecule has 196 valence electrons. The van der Waals surface area contributed by atoms with Gasteiger partial charge in [0.05, 0.1) is 42.6 Å². The minimum Gasteiger partial charge on any atom is -0.495 e. The van der Waals surface area contributed by atoms with Gasteiger partial charge in [0.15, 0.2) is 11.6 Å². The third-order valence-corrected chi connectivity index (χ3v) is 6.66. The second-order valence-corrected chi connectivity index (χ2v) is 9.05.